The van der Waals surface area contributed by atoms with Gasteiger partial charge in [-0.1, -0.05) is 25.5 Å². The maximum absolute atomic E-state index is 7.14. The molecule has 0 fully saturated rings. The third-order valence-electron chi connectivity index (χ3n) is 2.80. The van der Waals surface area contributed by atoms with Crippen molar-refractivity contribution in [3.63, 3.8) is 0 Å². The molecule has 0 amide bonds. The Balaban J connectivity index is 2.47. The fourth-order valence-electron chi connectivity index (χ4n) is 2.05. The summed E-state index contributed by atoms with van der Waals surface area (Å²) in [6.07, 6.45) is 6.37. The van der Waals surface area contributed by atoms with Crippen LogP contribution in [0.25, 0.3) is 0 Å². The summed E-state index contributed by atoms with van der Waals surface area (Å²) >= 11 is 0. The Morgan fingerprint density at radius 1 is 1.75 bits per heavy atom. The van der Waals surface area contributed by atoms with Gasteiger partial charge in [0.2, 0.25) is 0 Å². The highest BCUT2D eigenvalue weighted by Gasteiger charge is 2.22. The number of nitrogens with one attached hydrogen (secondary N) is 1. The molecule has 0 bridgehead atoms. The summed E-state index contributed by atoms with van der Waals surface area (Å²) in [6.45, 7) is 6.65. The summed E-state index contributed by atoms with van der Waals surface area (Å²) in [5.41, 5.74) is 1.53. The largest absolute Gasteiger partial charge is 0.313 e. The molecule has 0 radical (unpaired) electrons. The van der Waals surface area contributed by atoms with E-state index in [1.54, 1.807) is 6.21 Å². The maximum Gasteiger partial charge on any atom is -0.00193 e. The molecule has 0 saturated heterocycles. The molecule has 0 aromatic carbocycles. The van der Waals surface area contributed by atoms with Gasteiger partial charge in [-0.05, 0) is 43.7 Å². The van der Waals surface area contributed by atoms with E-state index in [2.05, 4.69) is 26.8 Å². The quantitative estimate of drug-likeness (QED) is 0.490. The Labute approximate surface area is 75.4 Å². The molecule has 3 atom stereocenters. The van der Waals surface area contributed by atoms with E-state index in [1.807, 2.05) is 0 Å². The molecule has 0 saturated carbocycles. The van der Waals surface area contributed by atoms with E-state index in [0.29, 0.717) is 5.92 Å². The van der Waals surface area contributed by atoms with E-state index in [-0.39, 0.29) is 0 Å². The highest BCUT2D eigenvalue weighted by atomic mass is 14.4. The zero-order valence-corrected chi connectivity index (χ0v) is 8.30. The highest BCUT2D eigenvalue weighted by Crippen LogP contribution is 2.33. The van der Waals surface area contributed by atoms with Crippen LogP contribution >= 0.6 is 0 Å². The van der Waals surface area contributed by atoms with Gasteiger partial charge in [-0.25, -0.2) is 0 Å². The first-order chi connectivity index (χ1) is 5.63. The Morgan fingerprint density at radius 2 is 2.42 bits per heavy atom. The molecule has 1 heteroatoms. The lowest BCUT2D eigenvalue weighted by molar-refractivity contribution is 0.407. The van der Waals surface area contributed by atoms with Crippen LogP contribution in [0.3, 0.4) is 0 Å². The molecule has 1 nitrogen and oxygen atoms in total. The van der Waals surface area contributed by atoms with Gasteiger partial charge >= 0.3 is 0 Å². The molecule has 1 rings (SSSR count). The van der Waals surface area contributed by atoms with Crippen molar-refractivity contribution in [2.45, 2.75) is 33.6 Å². The second-order valence-corrected chi connectivity index (χ2v) is 4.24. The first-order valence-electron chi connectivity index (χ1n) is 4.81. The van der Waals surface area contributed by atoms with Crippen LogP contribution in [0, 0.1) is 23.2 Å². The molecule has 0 aromatic heterocycles. The molecule has 1 unspecified atom stereocenters. The monoisotopic (exact) mass is 165 g/mol. The van der Waals surface area contributed by atoms with Crippen LogP contribution in [-0.2, 0) is 0 Å². The summed E-state index contributed by atoms with van der Waals surface area (Å²) in [7, 11) is 0. The van der Waals surface area contributed by atoms with Gasteiger partial charge in [-0.3, -0.25) is 0 Å². The van der Waals surface area contributed by atoms with E-state index < -0.39 is 0 Å². The first kappa shape index (κ1) is 9.50. The predicted octanol–water partition coefficient (Wildman–Crippen LogP) is 3.26. The van der Waals surface area contributed by atoms with Crippen molar-refractivity contribution >= 4 is 6.21 Å². The normalized spacial score (nSPS) is 31.4. The molecular weight excluding hydrogens is 146 g/mol. The Bertz CT molecular complexity index is 193. The Morgan fingerprint density at radius 3 is 2.83 bits per heavy atom. The van der Waals surface area contributed by atoms with Crippen molar-refractivity contribution in [1.82, 2.24) is 0 Å². The predicted molar refractivity (Wildman–Crippen MR) is 53.6 cm³/mol. The van der Waals surface area contributed by atoms with Gasteiger partial charge in [-0.15, -0.1) is 0 Å². The van der Waals surface area contributed by atoms with Crippen LogP contribution < -0.4 is 0 Å². The van der Waals surface area contributed by atoms with Crippen molar-refractivity contribution in [3.05, 3.63) is 11.6 Å². The number of allylic oxidation sites excluding steroid dienone is 2. The van der Waals surface area contributed by atoms with E-state index in [1.165, 1.54) is 12.0 Å². The van der Waals surface area contributed by atoms with Crippen molar-refractivity contribution in [2.75, 3.05) is 0 Å². The van der Waals surface area contributed by atoms with E-state index in [0.717, 1.165) is 18.3 Å². The molecular formula is C11H19N. The Hall–Kier alpha value is -0.590. The lowest BCUT2D eigenvalue weighted by Crippen LogP contribution is -2.09. The average Bonchev–Trinajstić information content (AvgIpc) is 2.30. The zero-order valence-electron chi connectivity index (χ0n) is 8.30. The average molecular weight is 165 g/mol. The fourth-order valence-corrected chi connectivity index (χ4v) is 2.05. The minimum absolute atomic E-state index is 0.444. The molecule has 1 N–H and O–H groups in total. The third kappa shape index (κ3) is 2.20. The topological polar surface area (TPSA) is 23.9 Å². The highest BCUT2D eigenvalue weighted by molar-refractivity contribution is 5.56. The second kappa shape index (κ2) is 3.88. The van der Waals surface area contributed by atoms with Crippen molar-refractivity contribution < 1.29 is 0 Å². The van der Waals surface area contributed by atoms with Gasteiger partial charge < -0.3 is 5.41 Å². The molecule has 68 valence electrons. The molecule has 12 heavy (non-hydrogen) atoms. The van der Waals surface area contributed by atoms with Crippen LogP contribution in [0.1, 0.15) is 33.6 Å². The molecule has 0 spiro atoms. The summed E-state index contributed by atoms with van der Waals surface area (Å²) in [6, 6.07) is 0. The van der Waals surface area contributed by atoms with E-state index >= 15 is 0 Å². The smallest absolute Gasteiger partial charge is 0.00193 e. The standard InChI is InChI=1S/C11H19N/c1-8-4-10(3)11(5-8)6-9(2)7-12/h5,7,9-12H,4,6H2,1-3H3/t9-,10+,11?/m1/s1. The maximum atomic E-state index is 7.14. The van der Waals surface area contributed by atoms with Crippen molar-refractivity contribution in [2.24, 2.45) is 17.8 Å². The lowest BCUT2D eigenvalue weighted by Gasteiger charge is -2.16. The summed E-state index contributed by atoms with van der Waals surface area (Å²) in [5, 5.41) is 7.14. The molecule has 1 aliphatic carbocycles. The SMILES string of the molecule is CC1=CC(C[C@@H](C)C=N)[C@@H](C)C1. The van der Waals surface area contributed by atoms with Crippen molar-refractivity contribution in [1.29, 1.82) is 5.41 Å². The minimum Gasteiger partial charge on any atom is -0.313 e. The molecule has 0 heterocycles. The van der Waals surface area contributed by atoms with Crippen LogP contribution in [-0.4, -0.2) is 6.21 Å². The van der Waals surface area contributed by atoms with E-state index in [4.69, 9.17) is 5.41 Å². The molecule has 0 aliphatic heterocycles. The number of hydrogen-bond donors (Lipinski definition) is 1. The van der Waals surface area contributed by atoms with Gasteiger partial charge in [0.25, 0.3) is 0 Å². The van der Waals surface area contributed by atoms with Crippen LogP contribution in [0.2, 0.25) is 0 Å². The molecule has 1 aliphatic rings. The minimum atomic E-state index is 0.444. The van der Waals surface area contributed by atoms with Crippen LogP contribution in [0.5, 0.6) is 0 Å². The number of rotatable bonds is 3. The van der Waals surface area contributed by atoms with Crippen LogP contribution in [0.4, 0.5) is 0 Å². The summed E-state index contributed by atoms with van der Waals surface area (Å²) < 4.78 is 0. The van der Waals surface area contributed by atoms with Gasteiger partial charge in [0.05, 0.1) is 0 Å². The van der Waals surface area contributed by atoms with Gasteiger partial charge in [0.15, 0.2) is 0 Å². The zero-order chi connectivity index (χ0) is 9.14. The lowest BCUT2D eigenvalue weighted by atomic mass is 9.89. The summed E-state index contributed by atoms with van der Waals surface area (Å²) in [5.74, 6) is 1.97. The first-order valence-corrected chi connectivity index (χ1v) is 4.81. The second-order valence-electron chi connectivity index (χ2n) is 4.24. The van der Waals surface area contributed by atoms with E-state index in [9.17, 15) is 0 Å². The molecule has 0 aromatic rings. The fraction of sp³-hybridized carbons (Fsp3) is 0.727. The van der Waals surface area contributed by atoms with Gasteiger partial charge in [0.1, 0.15) is 0 Å². The third-order valence-corrected chi connectivity index (χ3v) is 2.80. The summed E-state index contributed by atoms with van der Waals surface area (Å²) in [4.78, 5) is 0. The van der Waals surface area contributed by atoms with Crippen LogP contribution in [0.15, 0.2) is 11.6 Å². The Kier molecular flexibility index (Phi) is 3.07. The number of hydrogen-bond acceptors (Lipinski definition) is 1. The van der Waals surface area contributed by atoms with Gasteiger partial charge in [-0.2, -0.15) is 0 Å². The van der Waals surface area contributed by atoms with Crippen molar-refractivity contribution in [3.8, 4) is 0 Å². The van der Waals surface area contributed by atoms with Gasteiger partial charge in [0, 0.05) is 0 Å².